The summed E-state index contributed by atoms with van der Waals surface area (Å²) >= 11 is 0. The highest BCUT2D eigenvalue weighted by Gasteiger charge is 2.24. The summed E-state index contributed by atoms with van der Waals surface area (Å²) in [5.74, 6) is 2.58. The SMILES string of the molecule is C=C1c2ccccc2O/C=C\c2c1n(-c1ccccc1)c1ccc(-c3ccc4oc5cccc(-c6nc(-c7ccccc7)nc(-c7ccccc7)n6)c5c4c3)cc21. The van der Waals surface area contributed by atoms with Gasteiger partial charge in [0.2, 0.25) is 0 Å². The molecule has 11 rings (SSSR count). The normalized spacial score (nSPS) is 12.9. The zero-order chi connectivity index (χ0) is 37.9. The van der Waals surface area contributed by atoms with Crippen LogP contribution in [0.5, 0.6) is 5.75 Å². The Morgan fingerprint density at radius 1 is 0.491 bits per heavy atom. The maximum Gasteiger partial charge on any atom is 0.164 e. The molecule has 0 fully saturated rings. The van der Waals surface area contributed by atoms with Gasteiger partial charge in [0, 0.05) is 55.2 Å². The van der Waals surface area contributed by atoms with Crippen molar-refractivity contribution >= 4 is 44.5 Å². The molecule has 10 aromatic rings. The molecule has 4 heterocycles. The van der Waals surface area contributed by atoms with Gasteiger partial charge < -0.3 is 13.7 Å². The lowest BCUT2D eigenvalue weighted by Gasteiger charge is -2.18. The third-order valence-electron chi connectivity index (χ3n) is 10.7. The smallest absolute Gasteiger partial charge is 0.164 e. The summed E-state index contributed by atoms with van der Waals surface area (Å²) < 4.78 is 15.0. The van der Waals surface area contributed by atoms with Gasteiger partial charge in [0.15, 0.2) is 17.5 Å². The van der Waals surface area contributed by atoms with E-state index in [0.29, 0.717) is 17.5 Å². The van der Waals surface area contributed by atoms with Crippen molar-refractivity contribution in [1.29, 1.82) is 0 Å². The van der Waals surface area contributed by atoms with Crippen molar-refractivity contribution < 1.29 is 9.15 Å². The van der Waals surface area contributed by atoms with Crippen molar-refractivity contribution in [2.45, 2.75) is 0 Å². The van der Waals surface area contributed by atoms with E-state index in [1.807, 2.05) is 97.1 Å². The van der Waals surface area contributed by atoms with Crippen molar-refractivity contribution in [3.8, 4) is 56.7 Å². The van der Waals surface area contributed by atoms with Gasteiger partial charge in [-0.15, -0.1) is 0 Å². The van der Waals surface area contributed by atoms with E-state index < -0.39 is 0 Å². The second-order valence-corrected chi connectivity index (χ2v) is 14.1. The van der Waals surface area contributed by atoms with Gasteiger partial charge in [0.25, 0.3) is 0 Å². The van der Waals surface area contributed by atoms with E-state index >= 15 is 0 Å². The number of ether oxygens (including phenoxy) is 1. The summed E-state index contributed by atoms with van der Waals surface area (Å²) in [6.45, 7) is 4.64. The van der Waals surface area contributed by atoms with E-state index in [2.05, 4.69) is 90.0 Å². The van der Waals surface area contributed by atoms with Crippen LogP contribution in [-0.4, -0.2) is 19.5 Å². The van der Waals surface area contributed by atoms with Crippen LogP contribution in [0.25, 0.3) is 95.5 Å². The Morgan fingerprint density at radius 3 is 1.84 bits per heavy atom. The van der Waals surface area contributed by atoms with Gasteiger partial charge in [-0.05, 0) is 65.7 Å². The molecular formula is C51H32N4O2. The van der Waals surface area contributed by atoms with Gasteiger partial charge >= 0.3 is 0 Å². The first-order valence-corrected chi connectivity index (χ1v) is 18.9. The second-order valence-electron chi connectivity index (χ2n) is 14.1. The number of furan rings is 1. The van der Waals surface area contributed by atoms with Crippen molar-refractivity contribution in [2.75, 3.05) is 0 Å². The molecule has 268 valence electrons. The fraction of sp³-hybridized carbons (Fsp3) is 0. The van der Waals surface area contributed by atoms with Gasteiger partial charge in [0.1, 0.15) is 16.9 Å². The van der Waals surface area contributed by atoms with Crippen LogP contribution >= 0.6 is 0 Å². The summed E-state index contributed by atoms with van der Waals surface area (Å²) in [6.07, 6.45) is 3.84. The average molecular weight is 733 g/mol. The molecule has 57 heavy (non-hydrogen) atoms. The Hall–Kier alpha value is -7.83. The molecule has 1 aliphatic rings. The molecular weight excluding hydrogens is 701 g/mol. The highest BCUT2D eigenvalue weighted by atomic mass is 16.5. The fourth-order valence-corrected chi connectivity index (χ4v) is 8.05. The van der Waals surface area contributed by atoms with Crippen LogP contribution in [0.3, 0.4) is 0 Å². The lowest BCUT2D eigenvalue weighted by atomic mass is 9.96. The molecule has 3 aromatic heterocycles. The summed E-state index contributed by atoms with van der Waals surface area (Å²) in [7, 11) is 0. The minimum absolute atomic E-state index is 0.583. The Labute approximate surface area is 328 Å². The molecule has 6 nitrogen and oxygen atoms in total. The van der Waals surface area contributed by atoms with Gasteiger partial charge in [-0.1, -0.05) is 128 Å². The van der Waals surface area contributed by atoms with Crippen LogP contribution in [0.15, 0.2) is 187 Å². The topological polar surface area (TPSA) is 66.0 Å². The zero-order valence-electron chi connectivity index (χ0n) is 30.6. The third-order valence-corrected chi connectivity index (χ3v) is 10.7. The second kappa shape index (κ2) is 13.2. The molecule has 0 unspecified atom stereocenters. The van der Waals surface area contributed by atoms with E-state index in [0.717, 1.165) is 94.5 Å². The maximum atomic E-state index is 6.49. The number of aromatic nitrogens is 4. The molecule has 0 bridgehead atoms. The molecule has 0 spiro atoms. The molecule has 1 aliphatic heterocycles. The van der Waals surface area contributed by atoms with Crippen LogP contribution < -0.4 is 4.74 Å². The number of fused-ring (bicyclic) bond motifs is 7. The van der Waals surface area contributed by atoms with Crippen LogP contribution in [0.1, 0.15) is 16.8 Å². The number of nitrogens with zero attached hydrogens (tertiary/aromatic N) is 4. The first kappa shape index (κ1) is 32.6. The average Bonchev–Trinajstić information content (AvgIpc) is 3.81. The van der Waals surface area contributed by atoms with Crippen molar-refractivity contribution in [2.24, 2.45) is 0 Å². The molecule has 0 aliphatic carbocycles. The summed E-state index contributed by atoms with van der Waals surface area (Å²) in [6, 6.07) is 57.8. The quantitative estimate of drug-likeness (QED) is 0.176. The number of hydrogen-bond donors (Lipinski definition) is 0. The van der Waals surface area contributed by atoms with Crippen molar-refractivity contribution in [3.63, 3.8) is 0 Å². The largest absolute Gasteiger partial charge is 0.464 e. The Kier molecular flexibility index (Phi) is 7.54. The first-order chi connectivity index (χ1) is 28.2. The molecule has 0 saturated heterocycles. The van der Waals surface area contributed by atoms with E-state index in [4.69, 9.17) is 24.1 Å². The van der Waals surface area contributed by atoms with Gasteiger partial charge in [-0.2, -0.15) is 0 Å². The Morgan fingerprint density at radius 2 is 1.11 bits per heavy atom. The van der Waals surface area contributed by atoms with Crippen LogP contribution in [0, 0.1) is 0 Å². The maximum absolute atomic E-state index is 6.49. The zero-order valence-corrected chi connectivity index (χ0v) is 30.6. The highest BCUT2D eigenvalue weighted by Crippen LogP contribution is 2.43. The minimum Gasteiger partial charge on any atom is -0.464 e. The van der Waals surface area contributed by atoms with Crippen LogP contribution in [-0.2, 0) is 0 Å². The summed E-state index contributed by atoms with van der Waals surface area (Å²) in [5.41, 5.74) is 12.5. The lowest BCUT2D eigenvalue weighted by Crippen LogP contribution is -2.03. The number of para-hydroxylation sites is 2. The van der Waals surface area contributed by atoms with Gasteiger partial charge in [-0.3, -0.25) is 0 Å². The summed E-state index contributed by atoms with van der Waals surface area (Å²) in [5, 5.41) is 3.03. The Bertz CT molecular complexity index is 3160. The van der Waals surface area contributed by atoms with E-state index in [1.54, 1.807) is 6.26 Å². The van der Waals surface area contributed by atoms with E-state index in [-0.39, 0.29) is 0 Å². The van der Waals surface area contributed by atoms with E-state index in [9.17, 15) is 0 Å². The van der Waals surface area contributed by atoms with E-state index in [1.165, 1.54) is 0 Å². The van der Waals surface area contributed by atoms with Crippen molar-refractivity contribution in [3.05, 3.63) is 200 Å². The molecule has 7 aromatic carbocycles. The number of rotatable bonds is 5. The minimum atomic E-state index is 0.583. The Balaban J connectivity index is 1.10. The highest BCUT2D eigenvalue weighted by molar-refractivity contribution is 6.13. The molecule has 0 atom stereocenters. The monoisotopic (exact) mass is 732 g/mol. The molecule has 0 amide bonds. The number of benzene rings is 7. The number of hydrogen-bond acceptors (Lipinski definition) is 5. The van der Waals surface area contributed by atoms with Gasteiger partial charge in [0.05, 0.1) is 17.5 Å². The molecule has 6 heteroatoms. The molecule has 0 radical (unpaired) electrons. The summed E-state index contributed by atoms with van der Waals surface area (Å²) in [4.78, 5) is 15.0. The van der Waals surface area contributed by atoms with Crippen LogP contribution in [0.2, 0.25) is 0 Å². The predicted molar refractivity (Wildman–Crippen MR) is 230 cm³/mol. The van der Waals surface area contributed by atoms with Crippen molar-refractivity contribution in [1.82, 2.24) is 19.5 Å². The van der Waals surface area contributed by atoms with Crippen LogP contribution in [0.4, 0.5) is 0 Å². The molecule has 0 saturated carbocycles. The lowest BCUT2D eigenvalue weighted by molar-refractivity contribution is 0.483. The standard InChI is InChI=1S/C51H32N4O2/c1-32-38-20-11-12-22-44(38)56-29-28-39-41-30-35(24-26-43(41)55(48(32)39)37-18-9-4-10-19-37)36-25-27-45-42(31-36)47-40(21-13-23-46(47)57-45)51-53-49(33-14-5-2-6-15-33)52-50(54-51)34-16-7-3-8-17-34/h2-31H,1H2/b29-28-. The van der Waals surface area contributed by atoms with Gasteiger partial charge in [-0.25, -0.2) is 15.0 Å². The fourth-order valence-electron chi connectivity index (χ4n) is 8.05. The molecule has 0 N–H and O–H groups in total. The predicted octanol–water partition coefficient (Wildman–Crippen LogP) is 12.8. The first-order valence-electron chi connectivity index (χ1n) is 18.9. The third kappa shape index (κ3) is 5.46.